The summed E-state index contributed by atoms with van der Waals surface area (Å²) in [7, 11) is 0. The number of hydrogen-bond acceptors (Lipinski definition) is 3. The summed E-state index contributed by atoms with van der Waals surface area (Å²) in [6.45, 7) is 8.27. The standard InChI is InChI=1S/C15H23N3O/c1-4-7-16-15(13-6-8-19-11-13)10-14-9-12(3)17-18(14)5-2/h6,8-9,11,15-16H,4-5,7,10H2,1-3H3. The molecule has 2 heterocycles. The molecule has 0 bridgehead atoms. The molecule has 0 aromatic carbocycles. The first-order valence-electron chi connectivity index (χ1n) is 7.03. The van der Waals surface area contributed by atoms with E-state index >= 15 is 0 Å². The summed E-state index contributed by atoms with van der Waals surface area (Å²) in [5.74, 6) is 0. The van der Waals surface area contributed by atoms with Gasteiger partial charge in [0, 0.05) is 30.3 Å². The normalized spacial score (nSPS) is 12.8. The molecule has 1 unspecified atom stereocenters. The topological polar surface area (TPSA) is 43.0 Å². The number of furan rings is 1. The highest BCUT2D eigenvalue weighted by molar-refractivity contribution is 5.17. The van der Waals surface area contributed by atoms with Crippen LogP contribution in [-0.2, 0) is 13.0 Å². The van der Waals surface area contributed by atoms with Gasteiger partial charge in [0.2, 0.25) is 0 Å². The molecule has 4 heteroatoms. The summed E-state index contributed by atoms with van der Waals surface area (Å²) < 4.78 is 7.29. The van der Waals surface area contributed by atoms with Crippen LogP contribution in [0.2, 0.25) is 0 Å². The van der Waals surface area contributed by atoms with Crippen LogP contribution < -0.4 is 5.32 Å². The summed E-state index contributed by atoms with van der Waals surface area (Å²) in [5.41, 5.74) is 3.56. The Bertz CT molecular complexity index is 487. The zero-order valence-electron chi connectivity index (χ0n) is 12.0. The molecule has 2 rings (SSSR count). The molecule has 0 spiro atoms. The van der Waals surface area contributed by atoms with Gasteiger partial charge in [-0.25, -0.2) is 0 Å². The Morgan fingerprint density at radius 2 is 2.26 bits per heavy atom. The molecule has 19 heavy (non-hydrogen) atoms. The quantitative estimate of drug-likeness (QED) is 0.833. The first-order chi connectivity index (χ1) is 9.24. The van der Waals surface area contributed by atoms with Crippen LogP contribution in [0.3, 0.4) is 0 Å². The third-order valence-corrected chi connectivity index (χ3v) is 3.28. The molecule has 0 saturated heterocycles. The summed E-state index contributed by atoms with van der Waals surface area (Å²) in [6, 6.07) is 4.50. The molecule has 0 amide bonds. The number of aromatic nitrogens is 2. The molecule has 1 N–H and O–H groups in total. The van der Waals surface area contributed by atoms with Crippen LogP contribution in [0.15, 0.2) is 29.1 Å². The van der Waals surface area contributed by atoms with Crippen molar-refractivity contribution in [2.75, 3.05) is 6.54 Å². The number of nitrogens with one attached hydrogen (secondary N) is 1. The van der Waals surface area contributed by atoms with Gasteiger partial charge in [-0.15, -0.1) is 0 Å². The maximum absolute atomic E-state index is 5.21. The van der Waals surface area contributed by atoms with Gasteiger partial charge in [-0.1, -0.05) is 6.92 Å². The van der Waals surface area contributed by atoms with E-state index in [4.69, 9.17) is 4.42 Å². The van der Waals surface area contributed by atoms with Crippen molar-refractivity contribution in [3.63, 3.8) is 0 Å². The predicted octanol–water partition coefficient (Wildman–Crippen LogP) is 3.09. The van der Waals surface area contributed by atoms with Crippen LogP contribution in [0.25, 0.3) is 0 Å². The van der Waals surface area contributed by atoms with Gasteiger partial charge in [0.05, 0.1) is 18.2 Å². The van der Waals surface area contributed by atoms with E-state index in [1.165, 1.54) is 11.3 Å². The molecule has 0 aliphatic rings. The van der Waals surface area contributed by atoms with E-state index in [2.05, 4.69) is 35.0 Å². The van der Waals surface area contributed by atoms with Crippen molar-refractivity contribution in [2.24, 2.45) is 0 Å². The van der Waals surface area contributed by atoms with Crippen LogP contribution in [0.4, 0.5) is 0 Å². The molecule has 0 aliphatic carbocycles. The summed E-state index contributed by atoms with van der Waals surface area (Å²) in [5, 5.41) is 8.09. The van der Waals surface area contributed by atoms with E-state index in [0.717, 1.165) is 31.6 Å². The van der Waals surface area contributed by atoms with E-state index in [1.54, 1.807) is 6.26 Å². The van der Waals surface area contributed by atoms with Gasteiger partial charge < -0.3 is 9.73 Å². The van der Waals surface area contributed by atoms with Crippen molar-refractivity contribution in [2.45, 2.75) is 46.2 Å². The third kappa shape index (κ3) is 3.47. The number of nitrogens with zero attached hydrogens (tertiary/aromatic N) is 2. The molecule has 2 aromatic heterocycles. The van der Waals surface area contributed by atoms with Crippen LogP contribution in [0.5, 0.6) is 0 Å². The fourth-order valence-electron chi connectivity index (χ4n) is 2.35. The highest BCUT2D eigenvalue weighted by atomic mass is 16.3. The summed E-state index contributed by atoms with van der Waals surface area (Å²) in [4.78, 5) is 0. The average Bonchev–Trinajstić information content (AvgIpc) is 3.03. The van der Waals surface area contributed by atoms with Crippen molar-refractivity contribution in [3.05, 3.63) is 41.6 Å². The van der Waals surface area contributed by atoms with Gasteiger partial charge in [-0.3, -0.25) is 4.68 Å². The van der Waals surface area contributed by atoms with Crippen LogP contribution in [-0.4, -0.2) is 16.3 Å². The van der Waals surface area contributed by atoms with Crippen LogP contribution in [0, 0.1) is 6.92 Å². The Morgan fingerprint density at radius 3 is 2.89 bits per heavy atom. The zero-order valence-corrected chi connectivity index (χ0v) is 12.0. The van der Waals surface area contributed by atoms with Gasteiger partial charge in [0.25, 0.3) is 0 Å². The minimum Gasteiger partial charge on any atom is -0.472 e. The van der Waals surface area contributed by atoms with E-state index < -0.39 is 0 Å². The molecular weight excluding hydrogens is 238 g/mol. The largest absolute Gasteiger partial charge is 0.472 e. The van der Waals surface area contributed by atoms with E-state index in [-0.39, 0.29) is 0 Å². The lowest BCUT2D eigenvalue weighted by Crippen LogP contribution is -2.24. The van der Waals surface area contributed by atoms with E-state index in [0.29, 0.717) is 6.04 Å². The lowest BCUT2D eigenvalue weighted by Gasteiger charge is -2.17. The van der Waals surface area contributed by atoms with Gasteiger partial charge >= 0.3 is 0 Å². The highest BCUT2D eigenvalue weighted by Gasteiger charge is 2.15. The molecule has 2 aromatic rings. The van der Waals surface area contributed by atoms with Crippen molar-refractivity contribution in [3.8, 4) is 0 Å². The number of rotatable bonds is 7. The summed E-state index contributed by atoms with van der Waals surface area (Å²) in [6.07, 6.45) is 5.62. The fourth-order valence-corrected chi connectivity index (χ4v) is 2.35. The first-order valence-corrected chi connectivity index (χ1v) is 7.03. The van der Waals surface area contributed by atoms with Gasteiger partial charge in [-0.05, 0) is 38.9 Å². The van der Waals surface area contributed by atoms with Crippen molar-refractivity contribution in [1.29, 1.82) is 0 Å². The average molecular weight is 261 g/mol. The summed E-state index contributed by atoms with van der Waals surface area (Å²) >= 11 is 0. The molecule has 0 radical (unpaired) electrons. The zero-order chi connectivity index (χ0) is 13.7. The Balaban J connectivity index is 2.15. The Kier molecular flexibility index (Phi) is 4.80. The molecule has 4 nitrogen and oxygen atoms in total. The minimum absolute atomic E-state index is 0.292. The van der Waals surface area contributed by atoms with Gasteiger partial charge in [0.1, 0.15) is 0 Å². The lowest BCUT2D eigenvalue weighted by molar-refractivity contribution is 0.492. The lowest BCUT2D eigenvalue weighted by atomic mass is 10.0. The van der Waals surface area contributed by atoms with Crippen molar-refractivity contribution in [1.82, 2.24) is 15.1 Å². The smallest absolute Gasteiger partial charge is 0.0950 e. The fraction of sp³-hybridized carbons (Fsp3) is 0.533. The molecule has 0 saturated carbocycles. The second-order valence-corrected chi connectivity index (χ2v) is 4.86. The Morgan fingerprint density at radius 1 is 1.42 bits per heavy atom. The van der Waals surface area contributed by atoms with E-state index in [9.17, 15) is 0 Å². The maximum atomic E-state index is 5.21. The van der Waals surface area contributed by atoms with Crippen LogP contribution in [0.1, 0.15) is 43.3 Å². The Labute approximate surface area is 114 Å². The molecular formula is C15H23N3O. The highest BCUT2D eigenvalue weighted by Crippen LogP contribution is 2.19. The number of hydrogen-bond donors (Lipinski definition) is 1. The predicted molar refractivity (Wildman–Crippen MR) is 76.1 cm³/mol. The van der Waals surface area contributed by atoms with Gasteiger partial charge in [0.15, 0.2) is 0 Å². The molecule has 0 fully saturated rings. The maximum Gasteiger partial charge on any atom is 0.0950 e. The monoisotopic (exact) mass is 261 g/mol. The van der Waals surface area contributed by atoms with Crippen molar-refractivity contribution >= 4 is 0 Å². The molecule has 1 atom stereocenters. The van der Waals surface area contributed by atoms with Crippen LogP contribution >= 0.6 is 0 Å². The van der Waals surface area contributed by atoms with Crippen molar-refractivity contribution < 1.29 is 4.42 Å². The first kappa shape index (κ1) is 13.9. The number of aryl methyl sites for hydroxylation is 2. The molecule has 0 aliphatic heterocycles. The minimum atomic E-state index is 0.292. The third-order valence-electron chi connectivity index (χ3n) is 3.28. The Hall–Kier alpha value is -1.55. The molecule has 104 valence electrons. The van der Waals surface area contributed by atoms with Gasteiger partial charge in [-0.2, -0.15) is 5.10 Å². The second kappa shape index (κ2) is 6.57. The van der Waals surface area contributed by atoms with E-state index in [1.807, 2.05) is 19.3 Å². The second-order valence-electron chi connectivity index (χ2n) is 4.86. The SMILES string of the molecule is CCCNC(Cc1cc(C)nn1CC)c1ccoc1.